The first-order chi connectivity index (χ1) is 14.8. The standard InChI is InChI=1S/C23H28ClN3O4/c1-26(2)19-7-6-17(24)13-18(19)25-23(29)16-12-22(28)27(14-16)10-9-15-5-8-20(30-3)21(11-15)31-4/h5-8,11,13,16H,9-10,12,14H2,1-4H3,(H,25,29). The van der Waals surface area contributed by atoms with Gasteiger partial charge in [-0.3, -0.25) is 9.59 Å². The number of benzene rings is 2. The molecule has 166 valence electrons. The smallest absolute Gasteiger partial charge is 0.229 e. The number of ether oxygens (including phenoxy) is 2. The zero-order valence-electron chi connectivity index (χ0n) is 18.3. The first-order valence-corrected chi connectivity index (χ1v) is 10.5. The molecule has 1 unspecified atom stereocenters. The van der Waals surface area contributed by atoms with E-state index in [2.05, 4.69) is 5.32 Å². The van der Waals surface area contributed by atoms with Crippen molar-refractivity contribution in [2.24, 2.45) is 5.92 Å². The first-order valence-electron chi connectivity index (χ1n) is 10.1. The number of amides is 2. The summed E-state index contributed by atoms with van der Waals surface area (Å²) in [7, 11) is 6.98. The molecule has 8 heteroatoms. The van der Waals surface area contributed by atoms with Gasteiger partial charge in [-0.1, -0.05) is 17.7 Å². The van der Waals surface area contributed by atoms with E-state index in [1.807, 2.05) is 43.3 Å². The van der Waals surface area contributed by atoms with Crippen molar-refractivity contribution in [3.8, 4) is 11.5 Å². The largest absolute Gasteiger partial charge is 0.493 e. The van der Waals surface area contributed by atoms with Crippen molar-refractivity contribution in [3.63, 3.8) is 0 Å². The molecule has 1 N–H and O–H groups in total. The van der Waals surface area contributed by atoms with Gasteiger partial charge in [-0.25, -0.2) is 0 Å². The van der Waals surface area contributed by atoms with Crippen LogP contribution in [0.15, 0.2) is 36.4 Å². The molecule has 1 atom stereocenters. The van der Waals surface area contributed by atoms with Crippen LogP contribution in [-0.4, -0.2) is 58.1 Å². The Morgan fingerprint density at radius 2 is 1.90 bits per heavy atom. The van der Waals surface area contributed by atoms with E-state index < -0.39 is 5.92 Å². The highest BCUT2D eigenvalue weighted by Gasteiger charge is 2.34. The van der Waals surface area contributed by atoms with Gasteiger partial charge < -0.3 is 24.6 Å². The van der Waals surface area contributed by atoms with Crippen molar-refractivity contribution in [1.82, 2.24) is 4.90 Å². The van der Waals surface area contributed by atoms with Crippen LogP contribution in [0.2, 0.25) is 5.02 Å². The molecule has 31 heavy (non-hydrogen) atoms. The van der Waals surface area contributed by atoms with Gasteiger partial charge in [0, 0.05) is 38.6 Å². The van der Waals surface area contributed by atoms with E-state index in [0.717, 1.165) is 11.3 Å². The lowest BCUT2D eigenvalue weighted by Gasteiger charge is -2.20. The van der Waals surface area contributed by atoms with Crippen molar-refractivity contribution in [2.45, 2.75) is 12.8 Å². The van der Waals surface area contributed by atoms with E-state index in [1.54, 1.807) is 31.3 Å². The number of carbonyl (C=O) groups excluding carboxylic acids is 2. The molecule has 0 spiro atoms. The van der Waals surface area contributed by atoms with E-state index >= 15 is 0 Å². The minimum absolute atomic E-state index is 0.0143. The van der Waals surface area contributed by atoms with Crippen LogP contribution in [0.5, 0.6) is 11.5 Å². The maximum atomic E-state index is 12.8. The summed E-state index contributed by atoms with van der Waals surface area (Å²) in [5.74, 6) is 0.736. The predicted octanol–water partition coefficient (Wildman–Crippen LogP) is 3.45. The first kappa shape index (κ1) is 22.7. The van der Waals surface area contributed by atoms with E-state index in [4.69, 9.17) is 21.1 Å². The highest BCUT2D eigenvalue weighted by molar-refractivity contribution is 6.31. The fourth-order valence-electron chi connectivity index (χ4n) is 3.70. The zero-order chi connectivity index (χ0) is 22.5. The topological polar surface area (TPSA) is 71.1 Å². The lowest BCUT2D eigenvalue weighted by molar-refractivity contribution is -0.128. The third kappa shape index (κ3) is 5.41. The van der Waals surface area contributed by atoms with Crippen LogP contribution in [0.1, 0.15) is 12.0 Å². The normalized spacial score (nSPS) is 15.7. The number of anilines is 2. The maximum Gasteiger partial charge on any atom is 0.229 e. The predicted molar refractivity (Wildman–Crippen MR) is 122 cm³/mol. The monoisotopic (exact) mass is 445 g/mol. The van der Waals surface area contributed by atoms with E-state index in [9.17, 15) is 9.59 Å². The molecule has 1 heterocycles. The van der Waals surface area contributed by atoms with Gasteiger partial charge in [0.15, 0.2) is 11.5 Å². The van der Waals surface area contributed by atoms with Crippen LogP contribution in [0.3, 0.4) is 0 Å². The molecule has 1 fully saturated rings. The van der Waals surface area contributed by atoms with Crippen molar-refractivity contribution in [2.75, 3.05) is 51.6 Å². The number of nitrogens with one attached hydrogen (secondary N) is 1. The number of carbonyl (C=O) groups is 2. The molecule has 0 saturated carbocycles. The summed E-state index contributed by atoms with van der Waals surface area (Å²) in [6.07, 6.45) is 0.870. The van der Waals surface area contributed by atoms with Gasteiger partial charge >= 0.3 is 0 Å². The third-order valence-corrected chi connectivity index (χ3v) is 5.64. The molecule has 0 radical (unpaired) electrons. The fraction of sp³-hybridized carbons (Fsp3) is 0.391. The second kappa shape index (κ2) is 9.92. The molecule has 1 saturated heterocycles. The van der Waals surface area contributed by atoms with Gasteiger partial charge in [-0.15, -0.1) is 0 Å². The number of rotatable bonds is 8. The minimum Gasteiger partial charge on any atom is -0.493 e. The van der Waals surface area contributed by atoms with E-state index in [1.165, 1.54) is 0 Å². The summed E-state index contributed by atoms with van der Waals surface area (Å²) in [5.41, 5.74) is 2.53. The molecule has 0 aromatic heterocycles. The number of methoxy groups -OCH3 is 2. The Hall–Kier alpha value is -2.93. The maximum absolute atomic E-state index is 12.8. The van der Waals surface area contributed by atoms with Gasteiger partial charge in [-0.2, -0.15) is 0 Å². The number of hydrogen-bond acceptors (Lipinski definition) is 5. The van der Waals surface area contributed by atoms with Gasteiger partial charge in [-0.05, 0) is 42.3 Å². The molecule has 7 nitrogen and oxygen atoms in total. The van der Waals surface area contributed by atoms with Crippen molar-refractivity contribution >= 4 is 34.8 Å². The molecule has 2 aromatic carbocycles. The van der Waals surface area contributed by atoms with Gasteiger partial charge in [0.2, 0.25) is 11.8 Å². The van der Waals surface area contributed by atoms with Gasteiger partial charge in [0.25, 0.3) is 0 Å². The van der Waals surface area contributed by atoms with Crippen molar-refractivity contribution in [3.05, 3.63) is 47.0 Å². The Morgan fingerprint density at radius 3 is 2.58 bits per heavy atom. The van der Waals surface area contributed by atoms with Crippen LogP contribution in [-0.2, 0) is 16.0 Å². The minimum atomic E-state index is -0.396. The van der Waals surface area contributed by atoms with Crippen molar-refractivity contribution < 1.29 is 19.1 Å². The molecule has 2 amide bonds. The van der Waals surface area contributed by atoms with Crippen LogP contribution >= 0.6 is 11.6 Å². The van der Waals surface area contributed by atoms with Crippen LogP contribution < -0.4 is 19.7 Å². The summed E-state index contributed by atoms with van der Waals surface area (Å²) in [6, 6.07) is 11.1. The van der Waals surface area contributed by atoms with Crippen LogP contribution in [0.4, 0.5) is 11.4 Å². The summed E-state index contributed by atoms with van der Waals surface area (Å²) < 4.78 is 10.6. The Balaban J connectivity index is 1.61. The second-order valence-corrected chi connectivity index (χ2v) is 8.16. The van der Waals surface area contributed by atoms with Crippen LogP contribution in [0.25, 0.3) is 0 Å². The SMILES string of the molecule is COc1ccc(CCN2CC(C(=O)Nc3cc(Cl)ccc3N(C)C)CC2=O)cc1OC. The lowest BCUT2D eigenvalue weighted by atomic mass is 10.1. The number of likely N-dealkylation sites (tertiary alicyclic amines) is 1. The summed E-state index contributed by atoms with van der Waals surface area (Å²) >= 11 is 6.10. The Morgan fingerprint density at radius 1 is 1.16 bits per heavy atom. The zero-order valence-corrected chi connectivity index (χ0v) is 19.0. The summed E-state index contributed by atoms with van der Waals surface area (Å²) in [4.78, 5) is 29.0. The number of hydrogen-bond donors (Lipinski definition) is 1. The fourth-order valence-corrected chi connectivity index (χ4v) is 3.87. The van der Waals surface area contributed by atoms with Gasteiger partial charge in [0.05, 0.1) is 31.5 Å². The highest BCUT2D eigenvalue weighted by Crippen LogP contribution is 2.30. The average molecular weight is 446 g/mol. The van der Waals surface area contributed by atoms with Crippen molar-refractivity contribution in [1.29, 1.82) is 0 Å². The lowest BCUT2D eigenvalue weighted by Crippen LogP contribution is -2.30. The number of nitrogens with zero attached hydrogens (tertiary/aromatic N) is 2. The summed E-state index contributed by atoms with van der Waals surface area (Å²) in [6.45, 7) is 0.939. The van der Waals surface area contributed by atoms with Crippen LogP contribution in [0, 0.1) is 5.92 Å². The molecule has 0 bridgehead atoms. The van der Waals surface area contributed by atoms with E-state index in [-0.39, 0.29) is 18.2 Å². The molecular formula is C23H28ClN3O4. The second-order valence-electron chi connectivity index (χ2n) is 7.73. The van der Waals surface area contributed by atoms with E-state index in [0.29, 0.717) is 41.7 Å². The molecule has 1 aliphatic heterocycles. The quantitative estimate of drug-likeness (QED) is 0.673. The molecular weight excluding hydrogens is 418 g/mol. The summed E-state index contributed by atoms with van der Waals surface area (Å²) in [5, 5.41) is 3.48. The highest BCUT2D eigenvalue weighted by atomic mass is 35.5. The van der Waals surface area contributed by atoms with Gasteiger partial charge in [0.1, 0.15) is 0 Å². The number of halogens is 1. The average Bonchev–Trinajstić information content (AvgIpc) is 3.12. The Kier molecular flexibility index (Phi) is 7.28. The molecule has 0 aliphatic carbocycles. The Labute approximate surface area is 187 Å². The molecule has 1 aliphatic rings. The Bertz CT molecular complexity index is 964. The third-order valence-electron chi connectivity index (χ3n) is 5.40. The molecule has 3 rings (SSSR count). The molecule has 2 aromatic rings.